The smallest absolute Gasteiger partial charge is 0.243 e. The van der Waals surface area contributed by atoms with E-state index >= 15 is 0 Å². The largest absolute Gasteiger partial charge is 0.352 e. The molecule has 1 amide bonds. The van der Waals surface area contributed by atoms with Gasteiger partial charge in [-0.05, 0) is 61.4 Å². The quantitative estimate of drug-likeness (QED) is 0.293. The Hall–Kier alpha value is -2.92. The Morgan fingerprint density at radius 1 is 0.806 bits per heavy atom. The second kappa shape index (κ2) is 10.6. The van der Waals surface area contributed by atoms with E-state index in [-0.39, 0.29) is 11.9 Å². The Bertz CT molecular complexity index is 1310. The van der Waals surface area contributed by atoms with Crippen LogP contribution in [0.2, 0.25) is 0 Å². The van der Waals surface area contributed by atoms with E-state index in [4.69, 9.17) is 4.98 Å². The first-order chi connectivity index (χ1) is 17.8. The van der Waals surface area contributed by atoms with Crippen molar-refractivity contribution in [2.75, 3.05) is 0 Å². The number of rotatable bonds is 6. The molecule has 2 heterocycles. The highest BCUT2D eigenvalue weighted by Crippen LogP contribution is 2.41. The van der Waals surface area contributed by atoms with Gasteiger partial charge in [0.15, 0.2) is 5.82 Å². The van der Waals surface area contributed by atoms with Gasteiger partial charge in [0.1, 0.15) is 6.04 Å². The second-order valence-corrected chi connectivity index (χ2v) is 11.6. The maximum absolute atomic E-state index is 14.1. The van der Waals surface area contributed by atoms with Gasteiger partial charge in [0, 0.05) is 10.9 Å². The summed E-state index contributed by atoms with van der Waals surface area (Å²) in [5, 5.41) is 3.49. The molecule has 0 aliphatic heterocycles. The first-order valence-corrected chi connectivity index (χ1v) is 14.5. The Morgan fingerprint density at radius 3 is 2.25 bits per heavy atom. The van der Waals surface area contributed by atoms with Crippen molar-refractivity contribution in [1.82, 2.24) is 14.9 Å². The summed E-state index contributed by atoms with van der Waals surface area (Å²) < 4.78 is 2.30. The number of carbonyl (C=O) groups is 1. The molecule has 36 heavy (non-hydrogen) atoms. The molecular formula is C31H35N3OS. The highest BCUT2D eigenvalue weighted by atomic mass is 32.1. The van der Waals surface area contributed by atoms with Crippen LogP contribution in [-0.4, -0.2) is 21.5 Å². The second-order valence-electron chi connectivity index (χ2n) is 10.5. The minimum Gasteiger partial charge on any atom is -0.352 e. The van der Waals surface area contributed by atoms with Gasteiger partial charge in [0.05, 0.1) is 15.9 Å². The van der Waals surface area contributed by atoms with Crippen LogP contribution in [0.15, 0.2) is 66.7 Å². The molecule has 2 fully saturated rings. The fraction of sp³-hybridized carbons (Fsp3) is 0.419. The molecule has 0 radical (unpaired) electrons. The van der Waals surface area contributed by atoms with Crippen molar-refractivity contribution >= 4 is 28.3 Å². The number of thiophene rings is 1. The Balaban J connectivity index is 1.44. The minimum absolute atomic E-state index is 0.193. The number of imidazole rings is 1. The van der Waals surface area contributed by atoms with E-state index in [9.17, 15) is 4.79 Å². The van der Waals surface area contributed by atoms with Crippen LogP contribution in [0.25, 0.3) is 32.2 Å². The minimum atomic E-state index is -0.225. The molecule has 4 nitrogen and oxygen atoms in total. The molecule has 2 aromatic heterocycles. The van der Waals surface area contributed by atoms with Gasteiger partial charge in [-0.3, -0.25) is 4.79 Å². The molecule has 2 aliphatic rings. The van der Waals surface area contributed by atoms with Crippen LogP contribution in [0.3, 0.4) is 0 Å². The van der Waals surface area contributed by atoms with Gasteiger partial charge in [-0.2, -0.15) is 0 Å². The predicted octanol–water partition coefficient (Wildman–Crippen LogP) is 8.00. The maximum atomic E-state index is 14.1. The third-order valence-corrected chi connectivity index (χ3v) is 9.21. The average Bonchev–Trinajstić information content (AvgIpc) is 3.56. The number of benzene rings is 2. The Morgan fingerprint density at radius 2 is 1.47 bits per heavy atom. The normalized spacial score (nSPS) is 18.3. The molecule has 2 aliphatic carbocycles. The Labute approximate surface area is 217 Å². The summed E-state index contributed by atoms with van der Waals surface area (Å²) in [5.74, 6) is 1.46. The van der Waals surface area contributed by atoms with Crippen LogP contribution < -0.4 is 5.32 Å². The van der Waals surface area contributed by atoms with Gasteiger partial charge in [-0.15, -0.1) is 11.3 Å². The average molecular weight is 498 g/mol. The van der Waals surface area contributed by atoms with E-state index < -0.39 is 0 Å². The SMILES string of the molecule is O=C(NC1CCCCC1)C(C1CCCCC1)n1c(-c2ccc(-c3ccccc3)s2)nc2ccccc21. The van der Waals surface area contributed by atoms with Gasteiger partial charge in [0.25, 0.3) is 0 Å². The number of hydrogen-bond donors (Lipinski definition) is 1. The molecule has 186 valence electrons. The van der Waals surface area contributed by atoms with Crippen LogP contribution in [-0.2, 0) is 4.79 Å². The summed E-state index contributed by atoms with van der Waals surface area (Å²) in [5.41, 5.74) is 3.25. The zero-order valence-corrected chi connectivity index (χ0v) is 21.7. The first-order valence-electron chi connectivity index (χ1n) is 13.7. The van der Waals surface area contributed by atoms with Crippen molar-refractivity contribution < 1.29 is 4.79 Å². The molecule has 1 unspecified atom stereocenters. The van der Waals surface area contributed by atoms with Crippen LogP contribution in [0.4, 0.5) is 0 Å². The summed E-state index contributed by atoms with van der Waals surface area (Å²) in [6.07, 6.45) is 11.8. The molecule has 0 bridgehead atoms. The van der Waals surface area contributed by atoms with Crippen LogP contribution in [0.1, 0.15) is 70.3 Å². The number of amides is 1. The predicted molar refractivity (Wildman–Crippen MR) is 149 cm³/mol. The summed E-state index contributed by atoms with van der Waals surface area (Å²) in [6, 6.07) is 23.3. The van der Waals surface area contributed by atoms with Crippen molar-refractivity contribution in [3.8, 4) is 21.1 Å². The number of fused-ring (bicyclic) bond motifs is 1. The van der Waals surface area contributed by atoms with Crippen LogP contribution in [0, 0.1) is 5.92 Å². The van der Waals surface area contributed by atoms with E-state index in [2.05, 4.69) is 70.5 Å². The lowest BCUT2D eigenvalue weighted by Gasteiger charge is -2.33. The maximum Gasteiger partial charge on any atom is 0.243 e. The lowest BCUT2D eigenvalue weighted by atomic mass is 9.82. The molecule has 4 aromatic rings. The fourth-order valence-corrected chi connectivity index (χ4v) is 7.24. The molecule has 1 N–H and O–H groups in total. The van der Waals surface area contributed by atoms with E-state index in [1.807, 2.05) is 6.07 Å². The molecule has 1 atom stereocenters. The fourth-order valence-electron chi connectivity index (χ4n) is 6.24. The molecule has 2 aromatic carbocycles. The molecular weight excluding hydrogens is 462 g/mol. The number of para-hydroxylation sites is 2. The lowest BCUT2D eigenvalue weighted by molar-refractivity contribution is -0.127. The number of carbonyl (C=O) groups excluding carboxylic acids is 1. The number of aromatic nitrogens is 2. The lowest BCUT2D eigenvalue weighted by Crippen LogP contribution is -2.43. The van der Waals surface area contributed by atoms with Gasteiger partial charge in [0.2, 0.25) is 5.91 Å². The topological polar surface area (TPSA) is 46.9 Å². The van der Waals surface area contributed by atoms with E-state index in [0.717, 1.165) is 47.4 Å². The molecule has 2 saturated carbocycles. The van der Waals surface area contributed by atoms with Crippen LogP contribution >= 0.6 is 11.3 Å². The van der Waals surface area contributed by atoms with Gasteiger partial charge < -0.3 is 9.88 Å². The zero-order chi connectivity index (χ0) is 24.3. The summed E-state index contributed by atoms with van der Waals surface area (Å²) in [7, 11) is 0. The van der Waals surface area contributed by atoms with Crippen LogP contribution in [0.5, 0.6) is 0 Å². The number of nitrogens with zero attached hydrogens (tertiary/aromatic N) is 2. The van der Waals surface area contributed by atoms with E-state index in [0.29, 0.717) is 12.0 Å². The molecule has 6 rings (SSSR count). The van der Waals surface area contributed by atoms with Gasteiger partial charge in [-0.25, -0.2) is 4.98 Å². The van der Waals surface area contributed by atoms with Crippen molar-refractivity contribution in [3.05, 3.63) is 66.7 Å². The number of nitrogens with one attached hydrogen (secondary N) is 1. The number of hydrogen-bond acceptors (Lipinski definition) is 3. The first kappa shape index (κ1) is 23.5. The standard InChI is InChI=1S/C31H35N3OS/c35-31(32-24-16-8-3-9-17-24)29(23-14-6-2-7-15-23)34-26-19-11-10-18-25(26)33-30(34)28-21-20-27(36-28)22-12-4-1-5-13-22/h1,4-5,10-13,18-21,23-24,29H,2-3,6-9,14-17H2,(H,32,35). The summed E-state index contributed by atoms with van der Waals surface area (Å²) in [4.78, 5) is 21.6. The third-order valence-electron chi connectivity index (χ3n) is 8.08. The van der Waals surface area contributed by atoms with Crippen molar-refractivity contribution in [2.24, 2.45) is 5.92 Å². The summed E-state index contributed by atoms with van der Waals surface area (Å²) >= 11 is 1.76. The zero-order valence-electron chi connectivity index (χ0n) is 20.9. The highest BCUT2D eigenvalue weighted by Gasteiger charge is 2.35. The molecule has 0 saturated heterocycles. The van der Waals surface area contributed by atoms with Gasteiger partial charge >= 0.3 is 0 Å². The van der Waals surface area contributed by atoms with E-state index in [1.54, 1.807) is 11.3 Å². The van der Waals surface area contributed by atoms with Crippen molar-refractivity contribution in [1.29, 1.82) is 0 Å². The third kappa shape index (κ3) is 4.73. The highest BCUT2D eigenvalue weighted by molar-refractivity contribution is 7.18. The Kier molecular flexibility index (Phi) is 6.91. The van der Waals surface area contributed by atoms with Crippen molar-refractivity contribution in [2.45, 2.75) is 76.3 Å². The van der Waals surface area contributed by atoms with Gasteiger partial charge in [-0.1, -0.05) is 81.0 Å². The van der Waals surface area contributed by atoms with E-state index in [1.165, 1.54) is 49.0 Å². The molecule has 0 spiro atoms. The summed E-state index contributed by atoms with van der Waals surface area (Å²) in [6.45, 7) is 0. The molecule has 5 heteroatoms. The monoisotopic (exact) mass is 497 g/mol. The van der Waals surface area contributed by atoms with Crippen molar-refractivity contribution in [3.63, 3.8) is 0 Å².